The summed E-state index contributed by atoms with van der Waals surface area (Å²) in [5.74, 6) is -0.346. The predicted octanol–water partition coefficient (Wildman–Crippen LogP) is 5.96. The molecule has 0 aromatic heterocycles. The van der Waals surface area contributed by atoms with Crippen LogP contribution in [-0.2, 0) is 4.79 Å². The maximum absolute atomic E-state index is 10.6. The molecule has 2 heteroatoms. The van der Waals surface area contributed by atoms with E-state index in [1.165, 1.54) is 70.3 Å². The molecule has 0 aliphatic carbocycles. The fraction of sp³-hybridized carbons (Fsp3) is 0.833. The summed E-state index contributed by atoms with van der Waals surface area (Å²) < 4.78 is 0. The maximum Gasteiger partial charge on any atom is 0.327 e. The second kappa shape index (κ2) is 14.6. The Balaban J connectivity index is 3.85. The van der Waals surface area contributed by atoms with Gasteiger partial charge in [0.15, 0.2) is 0 Å². The van der Waals surface area contributed by atoms with Crippen molar-refractivity contribution in [3.63, 3.8) is 0 Å². The Morgan fingerprint density at radius 3 is 1.70 bits per heavy atom. The van der Waals surface area contributed by atoms with Crippen LogP contribution in [0.5, 0.6) is 0 Å². The van der Waals surface area contributed by atoms with Crippen LogP contribution in [0, 0.1) is 5.92 Å². The SMILES string of the molecule is CCCCCCCC(/C=C/C(=O)O)CCCCCCC. The summed E-state index contributed by atoms with van der Waals surface area (Å²) in [5.41, 5.74) is 0. The summed E-state index contributed by atoms with van der Waals surface area (Å²) in [6.07, 6.45) is 18.5. The minimum absolute atomic E-state index is 0.467. The minimum atomic E-state index is -0.813. The molecule has 0 heterocycles. The lowest BCUT2D eigenvalue weighted by atomic mass is 9.94. The van der Waals surface area contributed by atoms with Gasteiger partial charge in [0, 0.05) is 6.08 Å². The van der Waals surface area contributed by atoms with Crippen molar-refractivity contribution >= 4 is 5.97 Å². The van der Waals surface area contributed by atoms with E-state index in [1.807, 2.05) is 6.08 Å². The number of carboxylic acids is 1. The van der Waals surface area contributed by atoms with E-state index in [2.05, 4.69) is 13.8 Å². The molecule has 2 nitrogen and oxygen atoms in total. The van der Waals surface area contributed by atoms with Crippen molar-refractivity contribution in [3.05, 3.63) is 12.2 Å². The summed E-state index contributed by atoms with van der Waals surface area (Å²) in [5, 5.41) is 8.76. The smallest absolute Gasteiger partial charge is 0.327 e. The number of hydrogen-bond acceptors (Lipinski definition) is 1. The van der Waals surface area contributed by atoms with E-state index >= 15 is 0 Å². The molecule has 0 saturated heterocycles. The first kappa shape index (κ1) is 19.2. The quantitative estimate of drug-likeness (QED) is 0.315. The molecule has 0 rings (SSSR count). The van der Waals surface area contributed by atoms with Crippen LogP contribution < -0.4 is 0 Å². The van der Waals surface area contributed by atoms with Gasteiger partial charge in [-0.2, -0.15) is 0 Å². The van der Waals surface area contributed by atoms with Gasteiger partial charge < -0.3 is 5.11 Å². The summed E-state index contributed by atoms with van der Waals surface area (Å²) in [6, 6.07) is 0. The summed E-state index contributed by atoms with van der Waals surface area (Å²) in [6.45, 7) is 4.46. The largest absolute Gasteiger partial charge is 0.478 e. The third-order valence-corrected chi connectivity index (χ3v) is 3.87. The highest BCUT2D eigenvalue weighted by Crippen LogP contribution is 2.20. The number of hydrogen-bond donors (Lipinski definition) is 1. The average Bonchev–Trinajstić information content (AvgIpc) is 2.43. The van der Waals surface area contributed by atoms with Crippen molar-refractivity contribution in [1.82, 2.24) is 0 Å². The second-order valence-electron chi connectivity index (χ2n) is 5.86. The van der Waals surface area contributed by atoms with Crippen LogP contribution in [0.2, 0.25) is 0 Å². The van der Waals surface area contributed by atoms with Gasteiger partial charge in [0.2, 0.25) is 0 Å². The molecule has 0 aliphatic heterocycles. The van der Waals surface area contributed by atoms with Gasteiger partial charge in [-0.15, -0.1) is 0 Å². The monoisotopic (exact) mass is 282 g/mol. The molecular weight excluding hydrogens is 248 g/mol. The Hall–Kier alpha value is -0.790. The number of carboxylic acid groups (broad SMARTS) is 1. The lowest BCUT2D eigenvalue weighted by molar-refractivity contribution is -0.131. The predicted molar refractivity (Wildman–Crippen MR) is 87.0 cm³/mol. The number of unbranched alkanes of at least 4 members (excludes halogenated alkanes) is 8. The molecule has 0 aromatic rings. The summed E-state index contributed by atoms with van der Waals surface area (Å²) in [4.78, 5) is 10.6. The summed E-state index contributed by atoms with van der Waals surface area (Å²) in [7, 11) is 0. The molecule has 0 aliphatic rings. The van der Waals surface area contributed by atoms with Gasteiger partial charge in [-0.05, 0) is 18.8 Å². The highest BCUT2D eigenvalue weighted by molar-refractivity contribution is 5.79. The maximum atomic E-state index is 10.6. The molecule has 0 atom stereocenters. The van der Waals surface area contributed by atoms with E-state index in [-0.39, 0.29) is 0 Å². The Morgan fingerprint density at radius 1 is 0.850 bits per heavy atom. The first-order valence-corrected chi connectivity index (χ1v) is 8.61. The molecule has 0 saturated carbocycles. The first-order valence-electron chi connectivity index (χ1n) is 8.61. The van der Waals surface area contributed by atoms with Crippen molar-refractivity contribution in [1.29, 1.82) is 0 Å². The molecule has 0 fully saturated rings. The molecule has 0 unspecified atom stereocenters. The van der Waals surface area contributed by atoms with E-state index in [0.717, 1.165) is 12.8 Å². The van der Waals surface area contributed by atoms with Crippen LogP contribution >= 0.6 is 0 Å². The van der Waals surface area contributed by atoms with Crippen molar-refractivity contribution in [2.75, 3.05) is 0 Å². The highest BCUT2D eigenvalue weighted by Gasteiger charge is 2.05. The van der Waals surface area contributed by atoms with Crippen LogP contribution in [-0.4, -0.2) is 11.1 Å². The lowest BCUT2D eigenvalue weighted by Crippen LogP contribution is -1.99. The molecule has 0 amide bonds. The number of aliphatic carboxylic acids is 1. The first-order chi connectivity index (χ1) is 9.70. The van der Waals surface area contributed by atoms with Crippen LogP contribution in [0.25, 0.3) is 0 Å². The third-order valence-electron chi connectivity index (χ3n) is 3.87. The number of carbonyl (C=O) groups is 1. The van der Waals surface area contributed by atoms with Crippen molar-refractivity contribution in [2.24, 2.45) is 5.92 Å². The molecular formula is C18H34O2. The van der Waals surface area contributed by atoms with E-state index in [0.29, 0.717) is 5.92 Å². The van der Waals surface area contributed by atoms with Gasteiger partial charge in [-0.3, -0.25) is 0 Å². The minimum Gasteiger partial charge on any atom is -0.478 e. The topological polar surface area (TPSA) is 37.3 Å². The average molecular weight is 282 g/mol. The molecule has 0 radical (unpaired) electrons. The van der Waals surface area contributed by atoms with Crippen LogP contribution in [0.4, 0.5) is 0 Å². The highest BCUT2D eigenvalue weighted by atomic mass is 16.4. The number of allylic oxidation sites excluding steroid dienone is 1. The molecule has 0 spiro atoms. The Morgan fingerprint density at radius 2 is 1.30 bits per heavy atom. The summed E-state index contributed by atoms with van der Waals surface area (Å²) >= 11 is 0. The van der Waals surface area contributed by atoms with Gasteiger partial charge in [-0.25, -0.2) is 4.79 Å². The molecule has 0 aromatic carbocycles. The van der Waals surface area contributed by atoms with Crippen molar-refractivity contribution in [2.45, 2.75) is 90.9 Å². The van der Waals surface area contributed by atoms with Crippen LogP contribution in [0.3, 0.4) is 0 Å². The normalized spacial score (nSPS) is 11.6. The van der Waals surface area contributed by atoms with E-state index < -0.39 is 5.97 Å². The fourth-order valence-electron chi connectivity index (χ4n) is 2.58. The van der Waals surface area contributed by atoms with E-state index in [9.17, 15) is 4.79 Å². The Labute approximate surface area is 125 Å². The molecule has 20 heavy (non-hydrogen) atoms. The fourth-order valence-corrected chi connectivity index (χ4v) is 2.58. The molecule has 118 valence electrons. The molecule has 0 bridgehead atoms. The Bertz CT molecular complexity index is 232. The number of rotatable bonds is 14. The van der Waals surface area contributed by atoms with Crippen molar-refractivity contribution in [3.8, 4) is 0 Å². The van der Waals surface area contributed by atoms with Crippen LogP contribution in [0.15, 0.2) is 12.2 Å². The second-order valence-corrected chi connectivity index (χ2v) is 5.86. The standard InChI is InChI=1S/C18H34O2/c1-3-5-7-9-11-13-17(15-16-18(19)20)14-12-10-8-6-4-2/h15-17H,3-14H2,1-2H3,(H,19,20)/b16-15+. The molecule has 1 N–H and O–H groups in total. The lowest BCUT2D eigenvalue weighted by Gasteiger charge is -2.12. The van der Waals surface area contributed by atoms with Gasteiger partial charge in [0.05, 0.1) is 0 Å². The van der Waals surface area contributed by atoms with Gasteiger partial charge in [-0.1, -0.05) is 84.1 Å². The zero-order valence-corrected chi connectivity index (χ0v) is 13.6. The van der Waals surface area contributed by atoms with Gasteiger partial charge in [0.25, 0.3) is 0 Å². The van der Waals surface area contributed by atoms with Crippen LogP contribution in [0.1, 0.15) is 90.9 Å². The van der Waals surface area contributed by atoms with E-state index in [4.69, 9.17) is 5.11 Å². The third kappa shape index (κ3) is 13.6. The zero-order valence-electron chi connectivity index (χ0n) is 13.6. The Kier molecular flexibility index (Phi) is 14.0. The van der Waals surface area contributed by atoms with Gasteiger partial charge >= 0.3 is 5.97 Å². The van der Waals surface area contributed by atoms with E-state index in [1.54, 1.807) is 0 Å². The van der Waals surface area contributed by atoms with Gasteiger partial charge in [0.1, 0.15) is 0 Å². The zero-order chi connectivity index (χ0) is 15.1. The van der Waals surface area contributed by atoms with Crippen molar-refractivity contribution < 1.29 is 9.90 Å².